The van der Waals surface area contributed by atoms with Crippen LogP contribution in [0.15, 0.2) is 71.6 Å². The number of benzene rings is 3. The van der Waals surface area contributed by atoms with E-state index in [0.29, 0.717) is 30.2 Å². The van der Waals surface area contributed by atoms with Gasteiger partial charge in [-0.25, -0.2) is 13.2 Å². The molecule has 1 unspecified atom stereocenters. The zero-order valence-electron chi connectivity index (χ0n) is 18.5. The molecule has 0 fully saturated rings. The number of rotatable bonds is 6. The Bertz CT molecular complexity index is 1340. The van der Waals surface area contributed by atoms with Gasteiger partial charge in [0.1, 0.15) is 24.5 Å². The molecule has 8 nitrogen and oxygen atoms in total. The predicted molar refractivity (Wildman–Crippen MR) is 124 cm³/mol. The summed E-state index contributed by atoms with van der Waals surface area (Å²) in [6, 6.07) is 18.8. The summed E-state index contributed by atoms with van der Waals surface area (Å²) in [7, 11) is -2.47. The molecule has 2 heterocycles. The fourth-order valence-electron chi connectivity index (χ4n) is 4.08. The number of carbonyl (C=O) groups is 1. The third-order valence-corrected chi connectivity index (χ3v) is 7.60. The first-order valence-electron chi connectivity index (χ1n) is 10.8. The van der Waals surface area contributed by atoms with Crippen LogP contribution in [-0.2, 0) is 21.2 Å². The Morgan fingerprint density at radius 3 is 2.65 bits per heavy atom. The smallest absolute Gasteiger partial charge is 0.342 e. The summed E-state index contributed by atoms with van der Waals surface area (Å²) in [6.07, 6.45) is 0.144. The molecule has 0 N–H and O–H groups in total. The monoisotopic (exact) mass is 481 g/mol. The molecule has 0 saturated heterocycles. The third kappa shape index (κ3) is 4.03. The van der Waals surface area contributed by atoms with Crippen LogP contribution in [0, 0.1) is 0 Å². The first kappa shape index (κ1) is 22.1. The summed E-state index contributed by atoms with van der Waals surface area (Å²) in [5.41, 5.74) is 1.64. The van der Waals surface area contributed by atoms with Crippen LogP contribution in [0.3, 0.4) is 0 Å². The van der Waals surface area contributed by atoms with Gasteiger partial charge in [0.25, 0.3) is 10.0 Å². The van der Waals surface area contributed by atoms with E-state index in [0.717, 1.165) is 5.56 Å². The largest absolute Gasteiger partial charge is 0.496 e. The maximum absolute atomic E-state index is 13.4. The van der Waals surface area contributed by atoms with Crippen LogP contribution in [0.1, 0.15) is 15.9 Å². The van der Waals surface area contributed by atoms with Crippen molar-refractivity contribution in [2.24, 2.45) is 0 Å². The standard InChI is InChI=1S/C25H23NO7S/c1-30-22-11-10-19(34(28,29)26-13-12-17-6-2-3-7-21(17)26)14-20(22)25(27)32-16-18-15-31-23-8-4-5-9-24(23)33-18/h2-11,14,18H,12-13,15-16H2,1H3. The summed E-state index contributed by atoms with van der Waals surface area (Å²) in [4.78, 5) is 12.9. The molecule has 0 saturated carbocycles. The number of carbonyl (C=O) groups excluding carboxylic acids is 1. The molecular formula is C25H23NO7S. The van der Waals surface area contributed by atoms with E-state index in [9.17, 15) is 13.2 Å². The van der Waals surface area contributed by atoms with E-state index in [4.69, 9.17) is 18.9 Å². The van der Waals surface area contributed by atoms with Gasteiger partial charge in [0, 0.05) is 6.54 Å². The van der Waals surface area contributed by atoms with E-state index in [-0.39, 0.29) is 29.4 Å². The minimum absolute atomic E-state index is 0.0110. The molecule has 3 aromatic carbocycles. The third-order valence-electron chi connectivity index (χ3n) is 5.79. The number of nitrogens with zero attached hydrogens (tertiary/aromatic N) is 1. The van der Waals surface area contributed by atoms with Gasteiger partial charge < -0.3 is 18.9 Å². The van der Waals surface area contributed by atoms with Gasteiger partial charge in [0.05, 0.1) is 17.7 Å². The molecule has 0 aliphatic carbocycles. The number of ether oxygens (including phenoxy) is 4. The molecular weight excluding hydrogens is 458 g/mol. The highest BCUT2D eigenvalue weighted by Crippen LogP contribution is 2.34. The molecule has 5 rings (SSSR count). The molecule has 9 heteroatoms. The van der Waals surface area contributed by atoms with E-state index in [2.05, 4.69) is 0 Å². The van der Waals surface area contributed by atoms with Crippen molar-refractivity contribution in [1.29, 1.82) is 0 Å². The molecule has 1 atom stereocenters. The Morgan fingerprint density at radius 2 is 1.82 bits per heavy atom. The molecule has 0 radical (unpaired) electrons. The lowest BCUT2D eigenvalue weighted by atomic mass is 10.2. The highest BCUT2D eigenvalue weighted by atomic mass is 32.2. The molecule has 0 bridgehead atoms. The van der Waals surface area contributed by atoms with E-state index in [1.54, 1.807) is 24.3 Å². The summed E-state index contributed by atoms with van der Waals surface area (Å²) in [5, 5.41) is 0. The second-order valence-corrected chi connectivity index (χ2v) is 9.78. The molecule has 0 spiro atoms. The first-order valence-corrected chi connectivity index (χ1v) is 12.3. The summed E-state index contributed by atoms with van der Waals surface area (Å²) in [6.45, 7) is 0.505. The highest BCUT2D eigenvalue weighted by Gasteiger charge is 2.32. The van der Waals surface area contributed by atoms with Crippen LogP contribution >= 0.6 is 0 Å². The Hall–Kier alpha value is -3.72. The maximum atomic E-state index is 13.4. The van der Waals surface area contributed by atoms with Crippen molar-refractivity contribution >= 4 is 21.7 Å². The summed E-state index contributed by atoms with van der Waals surface area (Å²) >= 11 is 0. The minimum atomic E-state index is -3.88. The number of esters is 1. The number of anilines is 1. The Balaban J connectivity index is 1.35. The maximum Gasteiger partial charge on any atom is 0.342 e. The van der Waals surface area contributed by atoms with Gasteiger partial charge in [0.15, 0.2) is 17.6 Å². The van der Waals surface area contributed by atoms with Gasteiger partial charge in [-0.2, -0.15) is 0 Å². The second kappa shape index (κ2) is 8.90. The van der Waals surface area contributed by atoms with Crippen molar-refractivity contribution in [1.82, 2.24) is 0 Å². The number of hydrogen-bond acceptors (Lipinski definition) is 7. The number of sulfonamides is 1. The van der Waals surface area contributed by atoms with Gasteiger partial charge >= 0.3 is 5.97 Å². The van der Waals surface area contributed by atoms with Gasteiger partial charge in [-0.3, -0.25) is 4.31 Å². The molecule has 2 aliphatic rings. The fraction of sp³-hybridized carbons (Fsp3) is 0.240. The molecule has 34 heavy (non-hydrogen) atoms. The fourth-order valence-corrected chi connectivity index (χ4v) is 5.61. The normalized spacial score (nSPS) is 16.6. The Kier molecular flexibility index (Phi) is 5.79. The van der Waals surface area contributed by atoms with Crippen molar-refractivity contribution in [3.63, 3.8) is 0 Å². The van der Waals surface area contributed by atoms with Crippen LogP contribution < -0.4 is 18.5 Å². The lowest BCUT2D eigenvalue weighted by Crippen LogP contribution is -2.34. The van der Waals surface area contributed by atoms with Crippen LogP contribution in [0.5, 0.6) is 17.2 Å². The first-order chi connectivity index (χ1) is 16.5. The van der Waals surface area contributed by atoms with Crippen LogP contribution in [0.4, 0.5) is 5.69 Å². The van der Waals surface area contributed by atoms with Crippen LogP contribution in [0.2, 0.25) is 0 Å². The van der Waals surface area contributed by atoms with Crippen molar-refractivity contribution in [2.45, 2.75) is 17.4 Å². The number of methoxy groups -OCH3 is 1. The van der Waals surface area contributed by atoms with Gasteiger partial charge in [-0.15, -0.1) is 0 Å². The average molecular weight is 482 g/mol. The lowest BCUT2D eigenvalue weighted by Gasteiger charge is -2.26. The topological polar surface area (TPSA) is 91.4 Å². The zero-order valence-corrected chi connectivity index (χ0v) is 19.3. The molecule has 3 aromatic rings. The average Bonchev–Trinajstić information content (AvgIpc) is 3.32. The van der Waals surface area contributed by atoms with E-state index >= 15 is 0 Å². The molecule has 176 valence electrons. The number of para-hydroxylation sites is 3. The van der Waals surface area contributed by atoms with Gasteiger partial charge in [-0.05, 0) is 48.4 Å². The lowest BCUT2D eigenvalue weighted by molar-refractivity contribution is 0.0107. The Labute approximate surface area is 197 Å². The van der Waals surface area contributed by atoms with Crippen molar-refractivity contribution in [3.8, 4) is 17.2 Å². The van der Waals surface area contributed by atoms with Gasteiger partial charge in [0.2, 0.25) is 0 Å². The van der Waals surface area contributed by atoms with Crippen LogP contribution in [0.25, 0.3) is 0 Å². The SMILES string of the molecule is COc1ccc(S(=O)(=O)N2CCc3ccccc32)cc1C(=O)OCC1COc2ccccc2O1. The Morgan fingerprint density at radius 1 is 1.06 bits per heavy atom. The quantitative estimate of drug-likeness (QED) is 0.498. The molecule has 2 aliphatic heterocycles. The molecule has 0 amide bonds. The number of hydrogen-bond donors (Lipinski definition) is 0. The van der Waals surface area contributed by atoms with Gasteiger partial charge in [-0.1, -0.05) is 30.3 Å². The predicted octanol–water partition coefficient (Wildman–Crippen LogP) is 3.44. The van der Waals surface area contributed by atoms with Crippen molar-refractivity contribution in [2.75, 3.05) is 31.2 Å². The second-order valence-electron chi connectivity index (χ2n) is 7.91. The van der Waals surface area contributed by atoms with Crippen molar-refractivity contribution < 1.29 is 32.2 Å². The van der Waals surface area contributed by atoms with E-state index < -0.39 is 22.1 Å². The van der Waals surface area contributed by atoms with E-state index in [1.165, 1.54) is 29.6 Å². The van der Waals surface area contributed by atoms with Crippen molar-refractivity contribution in [3.05, 3.63) is 77.9 Å². The zero-order chi connectivity index (χ0) is 23.7. The number of fused-ring (bicyclic) bond motifs is 2. The highest BCUT2D eigenvalue weighted by molar-refractivity contribution is 7.92. The molecule has 0 aromatic heterocycles. The minimum Gasteiger partial charge on any atom is -0.496 e. The van der Waals surface area contributed by atoms with E-state index in [1.807, 2.05) is 24.3 Å². The summed E-state index contributed by atoms with van der Waals surface area (Å²) < 4.78 is 50.3. The van der Waals surface area contributed by atoms with Crippen LogP contribution in [-0.4, -0.2) is 47.4 Å². The summed E-state index contributed by atoms with van der Waals surface area (Å²) in [5.74, 6) is 0.717.